The number of carbonyl (C=O) groups is 2. The minimum Gasteiger partial charge on any atom is -0.475 e. The highest BCUT2D eigenvalue weighted by molar-refractivity contribution is 7.80. The second kappa shape index (κ2) is 13.3. The zero-order valence-electron chi connectivity index (χ0n) is 22.2. The standard InChI is InChI=1S/C27H30N4O2S.C2HF3O2/c32-23(14-16-28-18-19-8-3-1-4-9-19)30-17-15-22-24(27(30)34)26(33)31(21-12-5-2-6-13-21)25(29-22)20-10-7-11-20;3-2(4,5)1(6)7/h1-6,8-9,12-13,20,27-28,34H,7,10-11,14-18H2;(H,6,7). The van der Waals surface area contributed by atoms with E-state index in [-0.39, 0.29) is 11.5 Å². The predicted molar refractivity (Wildman–Crippen MR) is 150 cm³/mol. The van der Waals surface area contributed by atoms with E-state index < -0.39 is 17.5 Å². The van der Waals surface area contributed by atoms with Crippen LogP contribution in [0, 0.1) is 0 Å². The predicted octanol–water partition coefficient (Wildman–Crippen LogP) is 4.63. The van der Waals surface area contributed by atoms with Crippen molar-refractivity contribution in [1.29, 1.82) is 0 Å². The number of carbonyl (C=O) groups excluding carboxylic acids is 1. The zero-order valence-corrected chi connectivity index (χ0v) is 23.1. The molecule has 218 valence electrons. The van der Waals surface area contributed by atoms with Crippen LogP contribution in [0.15, 0.2) is 65.5 Å². The molecule has 0 saturated heterocycles. The van der Waals surface area contributed by atoms with E-state index in [4.69, 9.17) is 27.5 Å². The van der Waals surface area contributed by atoms with Crippen LogP contribution in [0.1, 0.15) is 59.6 Å². The van der Waals surface area contributed by atoms with Gasteiger partial charge < -0.3 is 15.3 Å². The molecule has 1 aliphatic heterocycles. The highest BCUT2D eigenvalue weighted by Crippen LogP contribution is 2.38. The average Bonchev–Trinajstić information content (AvgIpc) is 2.91. The maximum Gasteiger partial charge on any atom is 0.490 e. The number of hydrogen-bond acceptors (Lipinski definition) is 6. The molecule has 1 amide bonds. The summed E-state index contributed by atoms with van der Waals surface area (Å²) in [5, 5.41) is 9.87. The summed E-state index contributed by atoms with van der Waals surface area (Å²) in [6, 6.07) is 19.8. The second-order valence-corrected chi connectivity index (χ2v) is 10.3. The molecule has 12 heteroatoms. The Labute approximate surface area is 240 Å². The highest BCUT2D eigenvalue weighted by atomic mass is 32.1. The van der Waals surface area contributed by atoms with Crippen molar-refractivity contribution in [1.82, 2.24) is 19.8 Å². The summed E-state index contributed by atoms with van der Waals surface area (Å²) in [5.74, 6) is -1.59. The number of fused-ring (bicyclic) bond motifs is 1. The number of para-hydroxylation sites is 1. The summed E-state index contributed by atoms with van der Waals surface area (Å²) in [5.41, 5.74) is 3.23. The highest BCUT2D eigenvalue weighted by Gasteiger charge is 2.38. The summed E-state index contributed by atoms with van der Waals surface area (Å²) < 4.78 is 33.5. The minimum absolute atomic E-state index is 0.0000535. The van der Waals surface area contributed by atoms with Gasteiger partial charge in [0.25, 0.3) is 5.56 Å². The largest absolute Gasteiger partial charge is 0.490 e. The van der Waals surface area contributed by atoms with Gasteiger partial charge in [-0.25, -0.2) is 9.78 Å². The Morgan fingerprint density at radius 3 is 2.22 bits per heavy atom. The number of nitrogens with zero attached hydrogens (tertiary/aromatic N) is 3. The summed E-state index contributed by atoms with van der Waals surface area (Å²) in [6.07, 6.45) is -0.853. The number of rotatable bonds is 7. The quantitative estimate of drug-likeness (QED) is 0.275. The van der Waals surface area contributed by atoms with Crippen LogP contribution in [0.2, 0.25) is 0 Å². The second-order valence-electron chi connectivity index (χ2n) is 9.86. The molecule has 2 N–H and O–H groups in total. The maximum atomic E-state index is 13.8. The number of carboxylic acid groups (broad SMARTS) is 1. The number of aromatic nitrogens is 2. The summed E-state index contributed by atoms with van der Waals surface area (Å²) in [6.45, 7) is 1.83. The van der Waals surface area contributed by atoms with Gasteiger partial charge in [-0.1, -0.05) is 55.0 Å². The molecule has 1 aromatic heterocycles. The molecule has 41 heavy (non-hydrogen) atoms. The van der Waals surface area contributed by atoms with E-state index in [0.717, 1.165) is 36.6 Å². The maximum absolute atomic E-state index is 13.8. The van der Waals surface area contributed by atoms with Crippen molar-refractivity contribution < 1.29 is 27.9 Å². The van der Waals surface area contributed by atoms with Crippen molar-refractivity contribution >= 4 is 24.5 Å². The van der Waals surface area contributed by atoms with E-state index in [1.807, 2.05) is 48.5 Å². The molecule has 3 aromatic rings. The van der Waals surface area contributed by atoms with E-state index >= 15 is 0 Å². The monoisotopic (exact) mass is 588 g/mol. The van der Waals surface area contributed by atoms with Crippen molar-refractivity contribution in [3.63, 3.8) is 0 Å². The van der Waals surface area contributed by atoms with Crippen LogP contribution in [0.4, 0.5) is 13.2 Å². The molecule has 0 spiro atoms. The number of thiol groups is 1. The number of hydrogen-bond donors (Lipinski definition) is 3. The fourth-order valence-corrected chi connectivity index (χ4v) is 5.25. The van der Waals surface area contributed by atoms with Gasteiger partial charge >= 0.3 is 12.1 Å². The summed E-state index contributed by atoms with van der Waals surface area (Å²) in [4.78, 5) is 42.4. The van der Waals surface area contributed by atoms with E-state index in [1.165, 1.54) is 12.0 Å². The van der Waals surface area contributed by atoms with Crippen LogP contribution in [0.25, 0.3) is 5.69 Å². The molecule has 2 aromatic carbocycles. The molecule has 2 heterocycles. The first-order chi connectivity index (χ1) is 19.6. The molecular weight excluding hydrogens is 557 g/mol. The normalized spacial score (nSPS) is 16.7. The van der Waals surface area contributed by atoms with Gasteiger partial charge in [0, 0.05) is 38.4 Å². The van der Waals surface area contributed by atoms with Gasteiger partial charge in [0.15, 0.2) is 0 Å². The number of amides is 1. The molecular formula is C29H31F3N4O4S. The van der Waals surface area contributed by atoms with Gasteiger partial charge in [-0.2, -0.15) is 13.2 Å². The summed E-state index contributed by atoms with van der Waals surface area (Å²) in [7, 11) is 0. The lowest BCUT2D eigenvalue weighted by molar-refractivity contribution is -0.192. The number of benzene rings is 2. The van der Waals surface area contributed by atoms with Crippen molar-refractivity contribution in [3.8, 4) is 5.69 Å². The Morgan fingerprint density at radius 1 is 1.05 bits per heavy atom. The number of halogens is 3. The SMILES string of the molecule is O=C(CCNCc1ccccc1)N1CCc2nc(C3CCC3)n(-c3ccccc3)c(=O)c2C1S.O=C(O)C(F)(F)F. The van der Waals surface area contributed by atoms with Gasteiger partial charge in [-0.05, 0) is 30.5 Å². The number of carboxylic acids is 1. The first kappa shape index (κ1) is 30.3. The van der Waals surface area contributed by atoms with Crippen molar-refractivity contribution in [2.75, 3.05) is 13.1 Å². The molecule has 8 nitrogen and oxygen atoms in total. The van der Waals surface area contributed by atoms with Gasteiger partial charge in [-0.3, -0.25) is 14.2 Å². The Balaban J connectivity index is 0.000000493. The molecule has 5 rings (SSSR count). The molecule has 1 unspecified atom stereocenters. The topological polar surface area (TPSA) is 105 Å². The van der Waals surface area contributed by atoms with Gasteiger partial charge in [0.2, 0.25) is 5.91 Å². The Morgan fingerprint density at radius 2 is 1.66 bits per heavy atom. The summed E-state index contributed by atoms with van der Waals surface area (Å²) >= 11 is 4.76. The number of alkyl halides is 3. The molecule has 0 bridgehead atoms. The Kier molecular flexibility index (Phi) is 9.87. The van der Waals surface area contributed by atoms with Crippen molar-refractivity contribution in [2.45, 2.75) is 56.1 Å². The molecule has 0 radical (unpaired) electrons. The smallest absolute Gasteiger partial charge is 0.475 e. The molecule has 1 aliphatic carbocycles. The van der Waals surface area contributed by atoms with E-state index in [1.54, 1.807) is 9.47 Å². The third-order valence-electron chi connectivity index (χ3n) is 7.10. The Bertz CT molecular complexity index is 1410. The van der Waals surface area contributed by atoms with Crippen LogP contribution in [0.3, 0.4) is 0 Å². The first-order valence-electron chi connectivity index (χ1n) is 13.3. The number of nitrogens with one attached hydrogen (secondary N) is 1. The van der Waals surface area contributed by atoms with Crippen molar-refractivity contribution in [2.24, 2.45) is 0 Å². The van der Waals surface area contributed by atoms with Gasteiger partial charge in [0.05, 0.1) is 16.9 Å². The lowest BCUT2D eigenvalue weighted by Gasteiger charge is -2.35. The Hall–Kier alpha value is -3.64. The first-order valence-corrected chi connectivity index (χ1v) is 13.8. The fourth-order valence-electron chi connectivity index (χ4n) is 4.75. The minimum atomic E-state index is -5.08. The molecule has 1 saturated carbocycles. The van der Waals surface area contributed by atoms with Crippen LogP contribution >= 0.6 is 12.6 Å². The van der Waals surface area contributed by atoms with E-state index in [0.29, 0.717) is 37.4 Å². The third-order valence-corrected chi connectivity index (χ3v) is 7.64. The third kappa shape index (κ3) is 7.36. The van der Waals surface area contributed by atoms with Crippen molar-refractivity contribution in [3.05, 3.63) is 93.7 Å². The zero-order chi connectivity index (χ0) is 29.6. The van der Waals surface area contributed by atoms with Crippen LogP contribution in [-0.4, -0.2) is 50.7 Å². The van der Waals surface area contributed by atoms with E-state index in [2.05, 4.69) is 17.4 Å². The number of aliphatic carboxylic acids is 1. The average molecular weight is 589 g/mol. The molecule has 1 atom stereocenters. The lowest BCUT2D eigenvalue weighted by atomic mass is 9.84. The fraction of sp³-hybridized carbons (Fsp3) is 0.379. The van der Waals surface area contributed by atoms with Crippen LogP contribution in [0.5, 0.6) is 0 Å². The van der Waals surface area contributed by atoms with E-state index in [9.17, 15) is 22.8 Å². The van der Waals surface area contributed by atoms with Crippen LogP contribution in [-0.2, 0) is 22.6 Å². The molecule has 2 aliphatic rings. The lowest BCUT2D eigenvalue weighted by Crippen LogP contribution is -2.44. The van der Waals surface area contributed by atoms with Gasteiger partial charge in [0.1, 0.15) is 11.2 Å². The van der Waals surface area contributed by atoms with Gasteiger partial charge in [-0.15, -0.1) is 12.6 Å². The molecule has 1 fully saturated rings. The van der Waals surface area contributed by atoms with Crippen LogP contribution < -0.4 is 10.9 Å².